The van der Waals surface area contributed by atoms with E-state index in [1.807, 2.05) is 36.2 Å². The molecule has 514 valence electrons. The van der Waals surface area contributed by atoms with Crippen LogP contribution in [-0.4, -0.2) is 298 Å². The minimum Gasteiger partial charge on any atom is -0.481 e. The summed E-state index contributed by atoms with van der Waals surface area (Å²) in [7, 11) is 1.95. The molecule has 32 nitrogen and oxygen atoms in total. The van der Waals surface area contributed by atoms with Gasteiger partial charge in [0.1, 0.15) is 12.1 Å². The Labute approximate surface area is 537 Å². The van der Waals surface area contributed by atoms with Gasteiger partial charge in [0.15, 0.2) is 0 Å². The lowest BCUT2D eigenvalue weighted by Gasteiger charge is -2.37. The van der Waals surface area contributed by atoms with Crippen LogP contribution in [0.3, 0.4) is 0 Å². The molecule has 1 aromatic carbocycles. The second kappa shape index (κ2) is 43.2. The number of piperazine rings is 2. The number of likely N-dealkylation sites (N-methyl/N-ethyl adjacent to an activating group) is 1. The Morgan fingerprint density at radius 2 is 1.02 bits per heavy atom. The minimum atomic E-state index is -1.49. The highest BCUT2D eigenvalue weighted by molar-refractivity contribution is 5.86. The Morgan fingerprint density at radius 3 is 1.53 bits per heavy atom. The molecule has 3 amide bonds. The van der Waals surface area contributed by atoms with Gasteiger partial charge in [-0.25, -0.2) is 14.4 Å². The maximum Gasteiger partial charge on any atom is 0.373 e. The van der Waals surface area contributed by atoms with Gasteiger partial charge >= 0.3 is 48.0 Å². The minimum absolute atomic E-state index is 0.0552. The summed E-state index contributed by atoms with van der Waals surface area (Å²) in [5.74, 6) is -5.32. The van der Waals surface area contributed by atoms with Gasteiger partial charge in [0, 0.05) is 129 Å². The number of aromatic nitrogens is 3. The Hall–Kier alpha value is -7.71. The number of nitrogens with zero attached hydrogens (tertiary/aromatic N) is 11. The third-order valence-electron chi connectivity index (χ3n) is 16.3. The van der Waals surface area contributed by atoms with E-state index in [0.29, 0.717) is 102 Å². The predicted octanol–water partition coefficient (Wildman–Crippen LogP) is 0.509. The van der Waals surface area contributed by atoms with Crippen LogP contribution in [0.1, 0.15) is 102 Å². The van der Waals surface area contributed by atoms with Crippen LogP contribution in [0, 0.1) is 0 Å². The zero-order chi connectivity index (χ0) is 67.2. The summed E-state index contributed by atoms with van der Waals surface area (Å²) >= 11 is 0. The standard InChI is InChI=1S/C59H98N16O14.CO2/c1-68-25-26-71(41-51(79)80)27-28-72(42-52(81)82)33-38-75(43-53(83)84)46(40-68)39-44-15-17-45(18-16-44)62-56-65-57(67-58(66-56)74-36-31-70(32-37-74)24-12-21-60)73-34-29-69(30-35-73)23-11-7-5-3-2-4-6-8-14-49(76)61-22-10-9-13-47(54(85)86)63-59(89)64-48(55(87)88)19-20-50(77)78;2-1-3/h15-18,46-48H,2-14,19-43,60H2,1H3,(H,61,76)(H,77,78)(H,79,80)(H,81,82)(H,83,84)(H,85,86)(H,87,88)(H2,63,64,89)(H,62,65,66,67);/t46?,47-,48-;/m0./s1. The number of carboxylic acid groups (broad SMARTS) is 6. The molecule has 2 aromatic rings. The summed E-state index contributed by atoms with van der Waals surface area (Å²) in [6.45, 7) is 11.7. The van der Waals surface area contributed by atoms with E-state index in [4.69, 9.17) is 35.4 Å². The Morgan fingerprint density at radius 1 is 0.543 bits per heavy atom. The zero-order valence-electron chi connectivity index (χ0n) is 53.2. The van der Waals surface area contributed by atoms with Gasteiger partial charge < -0.3 is 72.3 Å². The van der Waals surface area contributed by atoms with Crippen molar-refractivity contribution < 1.29 is 78.6 Å². The Kier molecular flexibility index (Phi) is 36.0. The van der Waals surface area contributed by atoms with Crippen LogP contribution < -0.4 is 36.8 Å². The summed E-state index contributed by atoms with van der Waals surface area (Å²) < 4.78 is 0. The van der Waals surface area contributed by atoms with Crippen molar-refractivity contribution in [2.45, 2.75) is 121 Å². The van der Waals surface area contributed by atoms with Crippen molar-refractivity contribution in [3.05, 3.63) is 29.8 Å². The van der Waals surface area contributed by atoms with Crippen LogP contribution in [-0.2, 0) is 49.6 Å². The molecule has 0 bridgehead atoms. The summed E-state index contributed by atoms with van der Waals surface area (Å²) in [5, 5.41) is 67.5. The number of anilines is 4. The Balaban J connectivity index is 0.00000589. The number of nitrogens with one attached hydrogen (secondary N) is 4. The molecule has 12 N–H and O–H groups in total. The summed E-state index contributed by atoms with van der Waals surface area (Å²) in [6, 6.07) is 3.89. The third kappa shape index (κ3) is 31.5. The van der Waals surface area contributed by atoms with Crippen molar-refractivity contribution in [3.63, 3.8) is 0 Å². The zero-order valence-corrected chi connectivity index (χ0v) is 53.2. The number of hydrogen-bond acceptors (Lipinski definition) is 23. The largest absolute Gasteiger partial charge is 0.481 e. The van der Waals surface area contributed by atoms with E-state index in [1.165, 1.54) is 0 Å². The third-order valence-corrected chi connectivity index (χ3v) is 16.3. The molecule has 3 aliphatic heterocycles. The lowest BCUT2D eigenvalue weighted by Crippen LogP contribution is -2.52. The highest BCUT2D eigenvalue weighted by Crippen LogP contribution is 2.24. The van der Waals surface area contributed by atoms with E-state index in [2.05, 4.69) is 45.8 Å². The summed E-state index contributed by atoms with van der Waals surface area (Å²) in [6.07, 6.45) is 10.6. The lowest BCUT2D eigenvalue weighted by atomic mass is 10.0. The number of carbonyl (C=O) groups excluding carboxylic acids is 4. The molecule has 5 rings (SSSR count). The molecule has 3 fully saturated rings. The molecule has 0 saturated carbocycles. The first-order valence-electron chi connectivity index (χ1n) is 31.9. The smallest absolute Gasteiger partial charge is 0.373 e. The number of rotatable bonds is 38. The number of hydrogen-bond donors (Lipinski definition) is 11. The molecular formula is C60H98N16O16. The number of nitrogens with two attached hydrogens (primary N) is 1. The van der Waals surface area contributed by atoms with Crippen molar-refractivity contribution >= 4 is 77.4 Å². The van der Waals surface area contributed by atoms with Gasteiger partial charge in [-0.3, -0.25) is 48.5 Å². The van der Waals surface area contributed by atoms with Gasteiger partial charge in [0.25, 0.3) is 0 Å². The van der Waals surface area contributed by atoms with Gasteiger partial charge in [-0.1, -0.05) is 50.7 Å². The molecule has 32 heteroatoms. The molecule has 92 heavy (non-hydrogen) atoms. The second-order valence-electron chi connectivity index (χ2n) is 23.5. The van der Waals surface area contributed by atoms with Crippen LogP contribution >= 0.6 is 0 Å². The fourth-order valence-corrected chi connectivity index (χ4v) is 11.2. The fourth-order valence-electron chi connectivity index (χ4n) is 11.2. The molecule has 0 spiro atoms. The van der Waals surface area contributed by atoms with E-state index < -0.39 is 60.4 Å². The van der Waals surface area contributed by atoms with Crippen molar-refractivity contribution in [3.8, 4) is 0 Å². The van der Waals surface area contributed by atoms with Crippen molar-refractivity contribution in [1.29, 1.82) is 0 Å². The highest BCUT2D eigenvalue weighted by atomic mass is 16.4. The van der Waals surface area contributed by atoms with Crippen LogP contribution in [0.5, 0.6) is 0 Å². The van der Waals surface area contributed by atoms with Crippen LogP contribution in [0.2, 0.25) is 0 Å². The maximum absolute atomic E-state index is 12.4. The molecule has 1 unspecified atom stereocenters. The highest BCUT2D eigenvalue weighted by Gasteiger charge is 2.29. The van der Waals surface area contributed by atoms with E-state index in [9.17, 15) is 63.9 Å². The maximum atomic E-state index is 12.4. The number of carbonyl (C=O) groups is 8. The monoisotopic (exact) mass is 1300 g/mol. The normalized spacial score (nSPS) is 17.5. The first-order chi connectivity index (χ1) is 44.1. The molecular weight excluding hydrogens is 1200 g/mol. The van der Waals surface area contributed by atoms with Gasteiger partial charge in [-0.05, 0) is 95.7 Å². The van der Waals surface area contributed by atoms with Crippen LogP contribution in [0.15, 0.2) is 24.3 Å². The molecule has 3 atom stereocenters. The van der Waals surface area contributed by atoms with Crippen LogP contribution in [0.4, 0.5) is 28.3 Å². The average Bonchev–Trinajstić information content (AvgIpc) is 0.922. The first-order valence-corrected chi connectivity index (χ1v) is 31.9. The van der Waals surface area contributed by atoms with Crippen molar-refractivity contribution in [1.82, 2.24) is 60.3 Å². The van der Waals surface area contributed by atoms with Gasteiger partial charge in [-0.15, -0.1) is 0 Å². The second-order valence-corrected chi connectivity index (χ2v) is 23.5. The molecule has 3 saturated heterocycles. The summed E-state index contributed by atoms with van der Waals surface area (Å²) in [5.41, 5.74) is 7.56. The van der Waals surface area contributed by atoms with Crippen LogP contribution in [0.25, 0.3) is 0 Å². The van der Waals surface area contributed by atoms with Crippen molar-refractivity contribution in [2.24, 2.45) is 5.73 Å². The topological polar surface area (TPSA) is 431 Å². The summed E-state index contributed by atoms with van der Waals surface area (Å²) in [4.78, 5) is 142. The number of amides is 3. The van der Waals surface area contributed by atoms with E-state index in [1.54, 1.807) is 9.80 Å². The molecule has 1 aromatic heterocycles. The van der Waals surface area contributed by atoms with Gasteiger partial charge in [0.2, 0.25) is 23.8 Å². The van der Waals surface area contributed by atoms with Crippen molar-refractivity contribution in [2.75, 3.05) is 166 Å². The number of unbranched alkanes of at least 4 members (excludes halogenated alkanes) is 8. The SMILES string of the molecule is CN1CCN(CC(=O)O)CCN(CC(=O)O)CCN(CC(=O)O)C(Cc2ccc(Nc3nc(N4CCN(CCCN)CC4)nc(N4CCN(CCCCCCCCCCC(=O)NCCCC[C@H](NC(=O)N[C@@H](CCC(=O)O)C(=O)O)C(=O)O)CC4)n3)cc2)C1.O=C=O. The number of benzene rings is 1. The Bertz CT molecular complexity index is 2630. The predicted molar refractivity (Wildman–Crippen MR) is 338 cm³/mol. The van der Waals surface area contributed by atoms with Gasteiger partial charge in [-0.2, -0.15) is 24.5 Å². The number of urea groups is 1. The fraction of sp³-hybridized carbons (Fsp3) is 0.700. The number of carboxylic acids is 6. The number of aliphatic carboxylic acids is 6. The molecule has 0 radical (unpaired) electrons. The molecule has 4 heterocycles. The van der Waals surface area contributed by atoms with E-state index in [0.717, 1.165) is 134 Å². The molecule has 3 aliphatic rings. The molecule has 0 aliphatic carbocycles. The van der Waals surface area contributed by atoms with E-state index in [-0.39, 0.29) is 50.6 Å². The first kappa shape index (κ1) is 76.7. The quantitative estimate of drug-likeness (QED) is 0.0408. The van der Waals surface area contributed by atoms with Gasteiger partial charge in [0.05, 0.1) is 19.6 Å². The van der Waals surface area contributed by atoms with E-state index >= 15 is 0 Å². The average molecular weight is 1300 g/mol. The lowest BCUT2D eigenvalue weighted by molar-refractivity contribution is -0.192.